The highest BCUT2D eigenvalue weighted by molar-refractivity contribution is 6.46. The molecule has 2 aliphatic rings. The molecule has 33 heavy (non-hydrogen) atoms. The van der Waals surface area contributed by atoms with Crippen LogP contribution in [-0.2, 0) is 14.3 Å². The number of ketones is 1. The first-order valence-electron chi connectivity index (χ1n) is 10.5. The SMILES string of the molecule is O=C1C(=O)N(CC[NH+]2CCOCC2)C(c2ccc([N+](=O)[O-])cc2)/C1=C(\[O-])c1ccc(Cl)cc1. The maximum absolute atomic E-state index is 13.3. The Bertz CT molecular complexity index is 1090. The van der Waals surface area contributed by atoms with Gasteiger partial charge in [0, 0.05) is 22.7 Å². The van der Waals surface area contributed by atoms with Gasteiger partial charge in [0.05, 0.1) is 37.3 Å². The van der Waals surface area contributed by atoms with Crippen molar-refractivity contribution in [2.45, 2.75) is 6.04 Å². The average molecular weight is 472 g/mol. The van der Waals surface area contributed by atoms with Crippen LogP contribution in [-0.4, -0.2) is 60.9 Å². The summed E-state index contributed by atoms with van der Waals surface area (Å²) < 4.78 is 5.37. The molecule has 0 aromatic heterocycles. The van der Waals surface area contributed by atoms with Crippen molar-refractivity contribution in [3.05, 3.63) is 80.4 Å². The van der Waals surface area contributed by atoms with Crippen LogP contribution in [0.2, 0.25) is 5.02 Å². The van der Waals surface area contributed by atoms with E-state index in [1.165, 1.54) is 58.3 Å². The molecule has 2 aromatic carbocycles. The lowest BCUT2D eigenvalue weighted by atomic mass is 9.95. The highest BCUT2D eigenvalue weighted by Crippen LogP contribution is 2.38. The van der Waals surface area contributed by atoms with E-state index in [1.54, 1.807) is 0 Å². The molecule has 2 saturated heterocycles. The highest BCUT2D eigenvalue weighted by Gasteiger charge is 2.44. The third-order valence-corrected chi connectivity index (χ3v) is 6.21. The second kappa shape index (κ2) is 9.70. The van der Waals surface area contributed by atoms with Crippen molar-refractivity contribution in [2.75, 3.05) is 39.4 Å². The molecule has 2 aliphatic heterocycles. The molecule has 1 atom stereocenters. The Kier molecular flexibility index (Phi) is 6.73. The lowest BCUT2D eigenvalue weighted by Gasteiger charge is -2.30. The van der Waals surface area contributed by atoms with E-state index in [2.05, 4.69) is 0 Å². The van der Waals surface area contributed by atoms with E-state index in [0.717, 1.165) is 13.1 Å². The first kappa shape index (κ1) is 22.9. The van der Waals surface area contributed by atoms with Gasteiger partial charge in [0.1, 0.15) is 13.1 Å². The summed E-state index contributed by atoms with van der Waals surface area (Å²) in [7, 11) is 0. The number of benzene rings is 2. The fourth-order valence-corrected chi connectivity index (χ4v) is 4.30. The number of ether oxygens (including phenoxy) is 1. The zero-order valence-corrected chi connectivity index (χ0v) is 18.4. The fraction of sp³-hybridized carbons (Fsp3) is 0.304. The van der Waals surface area contributed by atoms with Gasteiger partial charge in [-0.2, -0.15) is 0 Å². The van der Waals surface area contributed by atoms with Crippen molar-refractivity contribution in [3.63, 3.8) is 0 Å². The van der Waals surface area contributed by atoms with Gasteiger partial charge in [0.15, 0.2) is 0 Å². The van der Waals surface area contributed by atoms with E-state index in [1.807, 2.05) is 0 Å². The lowest BCUT2D eigenvalue weighted by molar-refractivity contribution is -0.907. The maximum Gasteiger partial charge on any atom is 0.295 e. The molecule has 10 heteroatoms. The third kappa shape index (κ3) is 4.75. The Balaban J connectivity index is 1.74. The van der Waals surface area contributed by atoms with Gasteiger partial charge in [-0.1, -0.05) is 29.5 Å². The molecular weight excluding hydrogens is 450 g/mol. The van der Waals surface area contributed by atoms with Crippen LogP contribution in [0.3, 0.4) is 0 Å². The third-order valence-electron chi connectivity index (χ3n) is 5.96. The molecule has 0 saturated carbocycles. The summed E-state index contributed by atoms with van der Waals surface area (Å²) in [5.74, 6) is -2.16. The summed E-state index contributed by atoms with van der Waals surface area (Å²) in [6.45, 7) is 3.69. The average Bonchev–Trinajstić information content (AvgIpc) is 3.08. The van der Waals surface area contributed by atoms with Crippen LogP contribution in [0.25, 0.3) is 5.76 Å². The molecule has 9 nitrogen and oxygen atoms in total. The van der Waals surface area contributed by atoms with Gasteiger partial charge in [-0.05, 0) is 35.4 Å². The van der Waals surface area contributed by atoms with Gasteiger partial charge < -0.3 is 19.6 Å². The summed E-state index contributed by atoms with van der Waals surface area (Å²) in [5, 5.41) is 24.8. The molecule has 2 fully saturated rings. The number of carbonyl (C=O) groups excluding carboxylic acids is 2. The molecule has 0 bridgehead atoms. The quantitative estimate of drug-likeness (QED) is 0.214. The number of likely N-dealkylation sites (tertiary alicyclic amines) is 1. The Labute approximate surface area is 195 Å². The van der Waals surface area contributed by atoms with Crippen molar-refractivity contribution in [1.82, 2.24) is 4.90 Å². The minimum Gasteiger partial charge on any atom is -0.872 e. The lowest BCUT2D eigenvalue weighted by Crippen LogP contribution is -3.14. The van der Waals surface area contributed by atoms with Crippen LogP contribution in [0.15, 0.2) is 54.1 Å². The van der Waals surface area contributed by atoms with Crippen molar-refractivity contribution in [3.8, 4) is 0 Å². The zero-order valence-electron chi connectivity index (χ0n) is 17.7. The number of Topliss-reactive ketones (excluding diaryl/α,β-unsaturated/α-hetero) is 1. The van der Waals surface area contributed by atoms with E-state index in [-0.39, 0.29) is 23.4 Å². The van der Waals surface area contributed by atoms with Crippen molar-refractivity contribution < 1.29 is 29.3 Å². The van der Waals surface area contributed by atoms with Gasteiger partial charge in [0.2, 0.25) is 5.78 Å². The number of nitro benzene ring substituents is 1. The summed E-state index contributed by atoms with van der Waals surface area (Å²) in [6.07, 6.45) is 0. The van der Waals surface area contributed by atoms with Crippen molar-refractivity contribution in [2.24, 2.45) is 0 Å². The van der Waals surface area contributed by atoms with E-state index in [4.69, 9.17) is 16.3 Å². The Hall–Kier alpha value is -3.27. The van der Waals surface area contributed by atoms with E-state index >= 15 is 0 Å². The normalized spacial score (nSPS) is 20.9. The predicted molar refractivity (Wildman–Crippen MR) is 117 cm³/mol. The minimum atomic E-state index is -0.922. The van der Waals surface area contributed by atoms with Crippen LogP contribution >= 0.6 is 11.6 Å². The Morgan fingerprint density at radius 2 is 1.73 bits per heavy atom. The van der Waals surface area contributed by atoms with Gasteiger partial charge in [-0.15, -0.1) is 0 Å². The topological polar surface area (TPSA) is 117 Å². The summed E-state index contributed by atoms with van der Waals surface area (Å²) in [6, 6.07) is 10.7. The molecule has 0 radical (unpaired) electrons. The zero-order chi connectivity index (χ0) is 23.5. The van der Waals surface area contributed by atoms with Crippen LogP contribution in [0.1, 0.15) is 17.2 Å². The fourth-order valence-electron chi connectivity index (χ4n) is 4.17. The molecule has 2 aromatic rings. The van der Waals surface area contributed by atoms with Crippen LogP contribution < -0.4 is 10.0 Å². The second-order valence-corrected chi connectivity index (χ2v) is 8.38. The minimum absolute atomic E-state index is 0.121. The number of hydrogen-bond acceptors (Lipinski definition) is 6. The van der Waals surface area contributed by atoms with Crippen LogP contribution in [0.4, 0.5) is 5.69 Å². The van der Waals surface area contributed by atoms with Gasteiger partial charge in [-0.25, -0.2) is 0 Å². The van der Waals surface area contributed by atoms with Gasteiger partial charge in [0.25, 0.3) is 11.6 Å². The molecule has 4 rings (SSSR count). The van der Waals surface area contributed by atoms with E-state index in [9.17, 15) is 24.8 Å². The van der Waals surface area contributed by atoms with Crippen LogP contribution in [0, 0.1) is 10.1 Å². The molecule has 1 N–H and O–H groups in total. The number of carbonyl (C=O) groups is 2. The van der Waals surface area contributed by atoms with Gasteiger partial charge in [-0.3, -0.25) is 19.7 Å². The van der Waals surface area contributed by atoms with Crippen molar-refractivity contribution >= 4 is 34.7 Å². The molecule has 2 heterocycles. The largest absolute Gasteiger partial charge is 0.872 e. The second-order valence-electron chi connectivity index (χ2n) is 7.94. The molecule has 1 amide bonds. The monoisotopic (exact) mass is 471 g/mol. The number of amides is 1. The molecule has 0 aliphatic carbocycles. The first-order valence-corrected chi connectivity index (χ1v) is 10.9. The molecule has 172 valence electrons. The smallest absolute Gasteiger partial charge is 0.295 e. The Morgan fingerprint density at radius 3 is 2.33 bits per heavy atom. The van der Waals surface area contributed by atoms with Crippen LogP contribution in [0.5, 0.6) is 0 Å². The number of hydrogen-bond donors (Lipinski definition) is 1. The summed E-state index contributed by atoms with van der Waals surface area (Å²) >= 11 is 5.92. The number of quaternary nitrogens is 1. The summed E-state index contributed by atoms with van der Waals surface area (Å²) in [4.78, 5) is 39.1. The maximum atomic E-state index is 13.3. The highest BCUT2D eigenvalue weighted by atomic mass is 35.5. The standard InChI is InChI=1S/C23H22ClN3O6/c24-17-5-1-16(2-6-17)21(28)19-20(15-3-7-18(8-4-15)27(31)32)26(23(30)22(19)29)10-9-25-11-13-33-14-12-25/h1-8,20,28H,9-14H2/b21-19+. The molecule has 0 spiro atoms. The van der Waals surface area contributed by atoms with E-state index < -0.39 is 28.4 Å². The number of non-ortho nitro benzene ring substituents is 1. The number of halogens is 1. The summed E-state index contributed by atoms with van der Waals surface area (Å²) in [5.41, 5.74) is 0.426. The number of nitrogens with one attached hydrogen (secondary N) is 1. The van der Waals surface area contributed by atoms with E-state index in [0.29, 0.717) is 30.3 Å². The van der Waals surface area contributed by atoms with Gasteiger partial charge >= 0.3 is 0 Å². The number of rotatable bonds is 6. The first-order chi connectivity index (χ1) is 15.9. The number of nitro groups is 1. The molecule has 1 unspecified atom stereocenters. The number of morpholine rings is 1. The van der Waals surface area contributed by atoms with Crippen molar-refractivity contribution in [1.29, 1.82) is 0 Å². The molecular formula is C23H22ClN3O6. The Morgan fingerprint density at radius 1 is 1.09 bits per heavy atom. The number of nitrogens with zero attached hydrogens (tertiary/aromatic N) is 2. The predicted octanol–water partition coefficient (Wildman–Crippen LogP) is 0.387.